The van der Waals surface area contributed by atoms with Crippen molar-refractivity contribution in [3.05, 3.63) is 76.0 Å². The summed E-state index contributed by atoms with van der Waals surface area (Å²) < 4.78 is 0. The molecule has 0 bridgehead atoms. The van der Waals surface area contributed by atoms with Gasteiger partial charge >= 0.3 is 0 Å². The lowest BCUT2D eigenvalue weighted by atomic mass is 9.72. The highest BCUT2D eigenvalue weighted by molar-refractivity contribution is 7.09. The molecule has 5 rings (SSSR count). The van der Waals surface area contributed by atoms with Gasteiger partial charge in [-0.3, -0.25) is 20.1 Å². The molecule has 2 aromatic heterocycles. The van der Waals surface area contributed by atoms with Crippen molar-refractivity contribution in [3.63, 3.8) is 0 Å². The van der Waals surface area contributed by atoms with Gasteiger partial charge in [0, 0.05) is 50.0 Å². The fraction of sp³-hybridized carbons (Fsp3) is 0.462. The second-order valence-electron chi connectivity index (χ2n) is 10.0. The Balaban J connectivity index is 1.08. The van der Waals surface area contributed by atoms with Crippen LogP contribution in [0.1, 0.15) is 34.7 Å². The number of aromatic amines is 1. The van der Waals surface area contributed by atoms with Crippen LogP contribution in [-0.2, 0) is 26.2 Å². The van der Waals surface area contributed by atoms with Crippen LogP contribution in [0.3, 0.4) is 0 Å². The fourth-order valence-electron chi connectivity index (χ4n) is 5.41. The number of rotatable bonds is 10. The summed E-state index contributed by atoms with van der Waals surface area (Å²) in [6.45, 7) is 8.91. The summed E-state index contributed by atoms with van der Waals surface area (Å²) in [6, 6.07) is 13.3. The monoisotopic (exact) mass is 477 g/mol. The second kappa shape index (κ2) is 10.4. The van der Waals surface area contributed by atoms with E-state index in [1.165, 1.54) is 55.0 Å². The fourth-order valence-corrected chi connectivity index (χ4v) is 6.16. The van der Waals surface area contributed by atoms with Gasteiger partial charge in [-0.1, -0.05) is 30.3 Å². The van der Waals surface area contributed by atoms with E-state index >= 15 is 0 Å². The van der Waals surface area contributed by atoms with Crippen molar-refractivity contribution in [1.82, 2.24) is 24.7 Å². The van der Waals surface area contributed by atoms with E-state index in [-0.39, 0.29) is 5.84 Å². The molecule has 0 amide bonds. The van der Waals surface area contributed by atoms with Gasteiger partial charge < -0.3 is 10.7 Å². The Bertz CT molecular complexity index is 1030. The molecule has 2 aliphatic heterocycles. The van der Waals surface area contributed by atoms with Gasteiger partial charge in [0.25, 0.3) is 0 Å². The van der Waals surface area contributed by atoms with Gasteiger partial charge in [-0.25, -0.2) is 4.98 Å². The third kappa shape index (κ3) is 5.93. The number of nitrogens with one attached hydrogen (secondary N) is 2. The first-order valence-corrected chi connectivity index (χ1v) is 13.0. The van der Waals surface area contributed by atoms with E-state index in [2.05, 4.69) is 66.4 Å². The molecule has 4 heterocycles. The van der Waals surface area contributed by atoms with Crippen molar-refractivity contribution >= 4 is 17.2 Å². The van der Waals surface area contributed by atoms with Crippen LogP contribution in [-0.4, -0.2) is 63.2 Å². The van der Waals surface area contributed by atoms with E-state index in [4.69, 9.17) is 11.1 Å². The van der Waals surface area contributed by atoms with Crippen LogP contribution in [0.2, 0.25) is 0 Å². The predicted octanol–water partition coefficient (Wildman–Crippen LogP) is 3.51. The molecule has 0 unspecified atom stereocenters. The number of piperidine rings is 1. The summed E-state index contributed by atoms with van der Waals surface area (Å²) in [5.41, 5.74) is 8.83. The van der Waals surface area contributed by atoms with Crippen LogP contribution >= 0.6 is 11.3 Å². The number of nitrogens with two attached hydrogens (primary N) is 1. The van der Waals surface area contributed by atoms with E-state index < -0.39 is 0 Å². The molecule has 0 atom stereocenters. The maximum Gasteiger partial charge on any atom is 0.120 e. The van der Waals surface area contributed by atoms with Gasteiger partial charge in [0.2, 0.25) is 0 Å². The van der Waals surface area contributed by atoms with E-state index in [1.807, 2.05) is 17.5 Å². The molecule has 2 aliphatic rings. The standard InChI is InChI=1S/C26H35N7S/c27-24(28)17-32(18-25-29-9-10-30-25)14-21-3-5-22(6-4-21)15-33-19-26(20-33)7-11-31(12-8-26)16-23-2-1-13-34-23/h1-6,9-10,13H,7-8,11-12,14-20H2,(H3,27,28)(H,29,30). The second-order valence-corrected chi connectivity index (χ2v) is 11.1. The minimum Gasteiger partial charge on any atom is -0.387 e. The topological polar surface area (TPSA) is 88.3 Å². The van der Waals surface area contributed by atoms with Crippen LogP contribution in [0.25, 0.3) is 0 Å². The molecule has 2 saturated heterocycles. The zero-order chi connectivity index (χ0) is 23.4. The minimum atomic E-state index is 0.173. The molecule has 8 heteroatoms. The quantitative estimate of drug-likeness (QED) is 0.307. The normalized spacial score (nSPS) is 18.4. The largest absolute Gasteiger partial charge is 0.387 e. The summed E-state index contributed by atoms with van der Waals surface area (Å²) in [5, 5.41) is 9.87. The number of nitrogens with zero attached hydrogens (tertiary/aromatic N) is 4. The highest BCUT2D eigenvalue weighted by Gasteiger charge is 2.44. The third-order valence-corrected chi connectivity index (χ3v) is 8.01. The molecule has 4 N–H and O–H groups in total. The molecule has 1 aromatic carbocycles. The lowest BCUT2D eigenvalue weighted by molar-refractivity contribution is -0.0522. The van der Waals surface area contributed by atoms with Crippen molar-refractivity contribution in [2.75, 3.05) is 32.7 Å². The average Bonchev–Trinajstić information content (AvgIpc) is 3.49. The summed E-state index contributed by atoms with van der Waals surface area (Å²) in [7, 11) is 0. The lowest BCUT2D eigenvalue weighted by Crippen LogP contribution is -2.59. The summed E-state index contributed by atoms with van der Waals surface area (Å²) in [5.74, 6) is 1.06. The molecule has 34 heavy (non-hydrogen) atoms. The van der Waals surface area contributed by atoms with Gasteiger partial charge in [0.05, 0.1) is 13.1 Å². The van der Waals surface area contributed by atoms with Crippen LogP contribution in [0.5, 0.6) is 0 Å². The van der Waals surface area contributed by atoms with Crippen molar-refractivity contribution in [3.8, 4) is 0 Å². The molecular formula is C26H35N7S. The Labute approximate surface area is 206 Å². The highest BCUT2D eigenvalue weighted by Crippen LogP contribution is 2.41. The molecule has 0 saturated carbocycles. The van der Waals surface area contributed by atoms with E-state index in [9.17, 15) is 0 Å². The minimum absolute atomic E-state index is 0.173. The van der Waals surface area contributed by atoms with Crippen LogP contribution in [0.4, 0.5) is 0 Å². The maximum absolute atomic E-state index is 7.69. The van der Waals surface area contributed by atoms with E-state index in [1.54, 1.807) is 6.20 Å². The van der Waals surface area contributed by atoms with Crippen LogP contribution < -0.4 is 5.73 Å². The average molecular weight is 478 g/mol. The van der Waals surface area contributed by atoms with E-state index in [0.29, 0.717) is 18.5 Å². The molecule has 0 radical (unpaired) electrons. The summed E-state index contributed by atoms with van der Waals surface area (Å²) in [4.78, 5) is 16.3. The van der Waals surface area contributed by atoms with Crippen molar-refractivity contribution in [1.29, 1.82) is 5.41 Å². The number of thiophene rings is 1. The summed E-state index contributed by atoms with van der Waals surface area (Å²) in [6.07, 6.45) is 6.24. The number of aromatic nitrogens is 2. The Morgan fingerprint density at radius 1 is 1.06 bits per heavy atom. The Hall–Kier alpha value is -2.52. The Kier molecular flexibility index (Phi) is 7.10. The predicted molar refractivity (Wildman–Crippen MR) is 138 cm³/mol. The molecular weight excluding hydrogens is 442 g/mol. The zero-order valence-corrected chi connectivity index (χ0v) is 20.6. The maximum atomic E-state index is 7.69. The van der Waals surface area contributed by atoms with Crippen molar-refractivity contribution < 1.29 is 0 Å². The van der Waals surface area contributed by atoms with Crippen molar-refractivity contribution in [2.24, 2.45) is 11.1 Å². The number of imidazole rings is 1. The Morgan fingerprint density at radius 3 is 2.47 bits per heavy atom. The first-order valence-electron chi connectivity index (χ1n) is 12.1. The van der Waals surface area contributed by atoms with Gasteiger partial charge in [0.15, 0.2) is 0 Å². The molecule has 7 nitrogen and oxygen atoms in total. The smallest absolute Gasteiger partial charge is 0.120 e. The first-order chi connectivity index (χ1) is 16.6. The third-order valence-electron chi connectivity index (χ3n) is 7.15. The van der Waals surface area contributed by atoms with Gasteiger partial charge in [0.1, 0.15) is 11.7 Å². The molecule has 0 aliphatic carbocycles. The number of hydrogen-bond acceptors (Lipinski definition) is 6. The zero-order valence-electron chi connectivity index (χ0n) is 19.7. The van der Waals surface area contributed by atoms with Crippen molar-refractivity contribution in [2.45, 2.75) is 39.0 Å². The van der Waals surface area contributed by atoms with E-state index in [0.717, 1.165) is 25.5 Å². The van der Waals surface area contributed by atoms with Crippen LogP contribution in [0, 0.1) is 10.8 Å². The van der Waals surface area contributed by atoms with Gasteiger partial charge in [-0.05, 0) is 53.9 Å². The number of benzene rings is 1. The molecule has 180 valence electrons. The molecule has 1 spiro atoms. The number of likely N-dealkylation sites (tertiary alicyclic amines) is 2. The highest BCUT2D eigenvalue weighted by atomic mass is 32.1. The first kappa shape index (κ1) is 23.2. The van der Waals surface area contributed by atoms with Gasteiger partial charge in [-0.2, -0.15) is 0 Å². The summed E-state index contributed by atoms with van der Waals surface area (Å²) >= 11 is 1.87. The Morgan fingerprint density at radius 2 is 1.82 bits per heavy atom. The number of hydrogen-bond donors (Lipinski definition) is 3. The SMILES string of the molecule is N=C(N)CN(Cc1ccc(CN2CC3(CCN(Cc4cccs4)CC3)C2)cc1)Cc1ncc[nH]1. The number of H-pyrrole nitrogens is 1. The lowest BCUT2D eigenvalue weighted by Gasteiger charge is -2.54. The van der Waals surface area contributed by atoms with Gasteiger partial charge in [-0.15, -0.1) is 11.3 Å². The van der Waals surface area contributed by atoms with Crippen LogP contribution in [0.15, 0.2) is 54.2 Å². The number of amidine groups is 1. The molecule has 2 fully saturated rings. The molecule has 3 aromatic rings.